The van der Waals surface area contributed by atoms with Gasteiger partial charge in [-0.05, 0) is 85.2 Å². The van der Waals surface area contributed by atoms with E-state index in [1.165, 1.54) is 0 Å². The summed E-state index contributed by atoms with van der Waals surface area (Å²) in [6, 6.07) is 11.7. The Balaban J connectivity index is 2.19. The number of methoxy groups -OCH3 is 1. The molecular formula is C31H44O6Si2. The van der Waals surface area contributed by atoms with E-state index in [1.807, 2.05) is 30.3 Å². The highest BCUT2D eigenvalue weighted by atomic mass is 28.4. The molecule has 6 nitrogen and oxygen atoms in total. The zero-order valence-corrected chi connectivity index (χ0v) is 27.5. The van der Waals surface area contributed by atoms with Crippen LogP contribution in [0, 0.1) is 0 Å². The number of rotatable bonds is 8. The predicted octanol–water partition coefficient (Wildman–Crippen LogP) is 9.36. The van der Waals surface area contributed by atoms with E-state index in [0.717, 1.165) is 28.0 Å². The average Bonchev–Trinajstić information content (AvgIpc) is 3.20. The van der Waals surface area contributed by atoms with Gasteiger partial charge in [-0.2, -0.15) is 0 Å². The van der Waals surface area contributed by atoms with Gasteiger partial charge in [-0.1, -0.05) is 41.5 Å². The summed E-state index contributed by atoms with van der Waals surface area (Å²) in [5, 5.41) is 10.2. The lowest BCUT2D eigenvalue weighted by Crippen LogP contribution is -2.44. The largest absolute Gasteiger partial charge is 0.543 e. The van der Waals surface area contributed by atoms with Crippen molar-refractivity contribution in [1.82, 2.24) is 0 Å². The molecule has 212 valence electrons. The number of benzene rings is 2. The maximum atomic E-state index is 11.4. The van der Waals surface area contributed by atoms with Gasteiger partial charge in [-0.25, -0.2) is 4.79 Å². The van der Waals surface area contributed by atoms with Gasteiger partial charge in [0.25, 0.3) is 0 Å². The molecule has 1 N–H and O–H groups in total. The lowest BCUT2D eigenvalue weighted by Gasteiger charge is -2.38. The van der Waals surface area contributed by atoms with Crippen LogP contribution in [0.2, 0.25) is 36.3 Å². The van der Waals surface area contributed by atoms with Gasteiger partial charge < -0.3 is 23.1 Å². The molecule has 3 aromatic rings. The van der Waals surface area contributed by atoms with E-state index in [0.29, 0.717) is 17.1 Å². The molecule has 0 amide bonds. The second-order valence-electron chi connectivity index (χ2n) is 13.3. The third kappa shape index (κ3) is 6.79. The normalized spacial score (nSPS) is 13.5. The Hall–Kier alpha value is -2.98. The summed E-state index contributed by atoms with van der Waals surface area (Å²) in [5.74, 6) is 1.76. The van der Waals surface area contributed by atoms with Crippen molar-refractivity contribution in [3.05, 3.63) is 47.5 Å². The van der Waals surface area contributed by atoms with Crippen molar-refractivity contribution >= 4 is 39.6 Å². The summed E-state index contributed by atoms with van der Waals surface area (Å²) in [4.78, 5) is 11.4. The van der Waals surface area contributed by atoms with E-state index in [-0.39, 0.29) is 15.6 Å². The second kappa shape index (κ2) is 10.5. The number of carbonyl (C=O) groups is 1. The van der Waals surface area contributed by atoms with Gasteiger partial charge in [0.2, 0.25) is 16.6 Å². The van der Waals surface area contributed by atoms with Crippen LogP contribution in [0.4, 0.5) is 0 Å². The van der Waals surface area contributed by atoms with Crippen molar-refractivity contribution in [2.45, 2.75) is 84.7 Å². The smallest absolute Gasteiger partial charge is 0.331 e. The van der Waals surface area contributed by atoms with Crippen LogP contribution < -0.4 is 13.6 Å². The van der Waals surface area contributed by atoms with Gasteiger partial charge in [-0.3, -0.25) is 0 Å². The molecule has 39 heavy (non-hydrogen) atoms. The lowest BCUT2D eigenvalue weighted by molar-refractivity contribution is -0.132. The minimum Gasteiger partial charge on any atom is -0.543 e. The van der Waals surface area contributed by atoms with Crippen LogP contribution in [-0.4, -0.2) is 34.8 Å². The molecule has 0 radical (unpaired) electrons. The summed E-state index contributed by atoms with van der Waals surface area (Å²) in [6.07, 6.45) is 1.62. The Morgan fingerprint density at radius 1 is 0.846 bits per heavy atom. The van der Waals surface area contributed by atoms with Crippen molar-refractivity contribution in [3.8, 4) is 28.6 Å². The summed E-state index contributed by atoms with van der Waals surface area (Å²) in [5.41, 5.74) is 2.41. The summed E-state index contributed by atoms with van der Waals surface area (Å²) >= 11 is 0. The Bertz CT molecular complexity index is 1350. The number of hydrogen-bond acceptors (Lipinski definition) is 5. The Labute approximate surface area is 235 Å². The Morgan fingerprint density at radius 3 is 1.79 bits per heavy atom. The molecule has 0 aliphatic carbocycles. The van der Waals surface area contributed by atoms with Gasteiger partial charge in [0.15, 0.2) is 11.3 Å². The van der Waals surface area contributed by atoms with Crippen molar-refractivity contribution in [2.24, 2.45) is 0 Å². The first kappa shape index (κ1) is 30.6. The number of furan rings is 1. The predicted molar refractivity (Wildman–Crippen MR) is 165 cm³/mol. The maximum Gasteiger partial charge on any atom is 0.331 e. The van der Waals surface area contributed by atoms with Gasteiger partial charge >= 0.3 is 5.97 Å². The fourth-order valence-electron chi connectivity index (χ4n) is 3.56. The number of carboxylic acid groups (broad SMARTS) is 1. The first-order valence-corrected chi connectivity index (χ1v) is 19.1. The molecule has 0 saturated heterocycles. The van der Waals surface area contributed by atoms with Gasteiger partial charge in [0.05, 0.1) is 7.11 Å². The van der Waals surface area contributed by atoms with Crippen LogP contribution in [0.15, 0.2) is 46.4 Å². The number of carboxylic acids is 1. The van der Waals surface area contributed by atoms with Crippen LogP contribution in [0.1, 0.15) is 54.0 Å². The highest BCUT2D eigenvalue weighted by Crippen LogP contribution is 2.43. The van der Waals surface area contributed by atoms with E-state index in [4.69, 9.17) is 18.0 Å². The molecule has 0 atom stereocenters. The molecule has 8 heteroatoms. The molecule has 0 aliphatic heterocycles. The van der Waals surface area contributed by atoms with Crippen LogP contribution in [0.5, 0.6) is 17.2 Å². The quantitative estimate of drug-likeness (QED) is 0.215. The second-order valence-corrected chi connectivity index (χ2v) is 22.8. The van der Waals surface area contributed by atoms with E-state index in [1.54, 1.807) is 26.2 Å². The van der Waals surface area contributed by atoms with Gasteiger partial charge in [0, 0.05) is 22.6 Å². The highest BCUT2D eigenvalue weighted by Gasteiger charge is 2.40. The molecule has 0 unspecified atom stereocenters. The average molecular weight is 569 g/mol. The molecule has 0 fully saturated rings. The molecule has 0 saturated carbocycles. The zero-order chi connectivity index (χ0) is 29.6. The number of fused-ring (bicyclic) bond motifs is 1. The highest BCUT2D eigenvalue weighted by molar-refractivity contribution is 6.75. The molecule has 0 bridgehead atoms. The lowest BCUT2D eigenvalue weighted by atomic mass is 10.1. The van der Waals surface area contributed by atoms with Crippen LogP contribution in [0.25, 0.3) is 28.4 Å². The van der Waals surface area contributed by atoms with Gasteiger partial charge in [0.1, 0.15) is 17.3 Å². The minimum absolute atomic E-state index is 0.0359. The van der Waals surface area contributed by atoms with E-state index >= 15 is 0 Å². The SMILES string of the molecule is COc1cc(C=C(C)C(=O)O)cc2cc(-c3cc(O[Si](C)(C)C(C)(C)C)cc(O[Si](C)(C)C(C)(C)C)c3)oc12. The van der Waals surface area contributed by atoms with E-state index < -0.39 is 22.6 Å². The molecule has 1 heterocycles. The molecule has 2 aromatic carbocycles. The third-order valence-corrected chi connectivity index (χ3v) is 16.8. The van der Waals surface area contributed by atoms with Crippen molar-refractivity contribution in [3.63, 3.8) is 0 Å². The first-order chi connectivity index (χ1) is 17.7. The Kier molecular flexibility index (Phi) is 8.26. The van der Waals surface area contributed by atoms with Crippen LogP contribution in [0.3, 0.4) is 0 Å². The Morgan fingerprint density at radius 2 is 1.36 bits per heavy atom. The summed E-state index contributed by atoms with van der Waals surface area (Å²) < 4.78 is 25.4. The monoisotopic (exact) mass is 568 g/mol. The van der Waals surface area contributed by atoms with Gasteiger partial charge in [-0.15, -0.1) is 0 Å². The molecule has 0 spiro atoms. The van der Waals surface area contributed by atoms with Crippen molar-refractivity contribution in [2.75, 3.05) is 7.11 Å². The zero-order valence-electron chi connectivity index (χ0n) is 25.5. The van der Waals surface area contributed by atoms with Crippen LogP contribution >= 0.6 is 0 Å². The number of aliphatic carboxylic acids is 1. The first-order valence-electron chi connectivity index (χ1n) is 13.3. The molecule has 3 rings (SSSR count). The molecular weight excluding hydrogens is 525 g/mol. The fraction of sp³-hybridized carbons (Fsp3) is 0.452. The van der Waals surface area contributed by atoms with E-state index in [2.05, 4.69) is 67.7 Å². The molecule has 0 aliphatic rings. The summed E-state index contributed by atoms with van der Waals surface area (Å²) in [7, 11) is -2.66. The number of ether oxygens (including phenoxy) is 1. The maximum absolute atomic E-state index is 11.4. The third-order valence-electron chi connectivity index (χ3n) is 8.07. The minimum atomic E-state index is -2.12. The fourth-order valence-corrected chi connectivity index (χ4v) is 5.59. The van der Waals surface area contributed by atoms with E-state index in [9.17, 15) is 9.90 Å². The standard InChI is InChI=1S/C31H44O6Si2/c1-20(29(32)33)13-21-14-23-18-26(35-28(23)27(15-21)34-8)22-16-24(36-38(9,10)30(2,3)4)19-25(17-22)37-39(11,12)31(5,6)7/h13-19H,1-12H3,(H,32,33). The van der Waals surface area contributed by atoms with Crippen molar-refractivity contribution < 1.29 is 27.9 Å². The van der Waals surface area contributed by atoms with Crippen LogP contribution in [-0.2, 0) is 4.79 Å². The number of hydrogen-bond donors (Lipinski definition) is 1. The molecule has 1 aromatic heterocycles. The van der Waals surface area contributed by atoms with Crippen molar-refractivity contribution in [1.29, 1.82) is 0 Å². The summed E-state index contributed by atoms with van der Waals surface area (Å²) in [6.45, 7) is 23.8. The topological polar surface area (TPSA) is 78.1 Å².